The molecule has 0 amide bonds. The lowest BCUT2D eigenvalue weighted by molar-refractivity contribution is 0.0697. The molecule has 0 aromatic carbocycles. The highest BCUT2D eigenvalue weighted by Gasteiger charge is 2.26. The van der Waals surface area contributed by atoms with Crippen molar-refractivity contribution >= 4 is 35.7 Å². The van der Waals surface area contributed by atoms with Gasteiger partial charge in [0, 0.05) is 19.4 Å². The smallest absolute Gasteiger partial charge is 0.339 e. The van der Waals surface area contributed by atoms with E-state index in [2.05, 4.69) is 10.4 Å². The van der Waals surface area contributed by atoms with Gasteiger partial charge in [-0.15, -0.1) is 12.4 Å². The average molecular weight is 242 g/mol. The fourth-order valence-electron chi connectivity index (χ4n) is 1.45. The summed E-state index contributed by atoms with van der Waals surface area (Å²) in [5.41, 5.74) is 3.87. The quantitative estimate of drug-likeness (QED) is 0.703. The van der Waals surface area contributed by atoms with Crippen LogP contribution in [0, 0.1) is 0 Å². The van der Waals surface area contributed by atoms with Crippen molar-refractivity contribution in [1.82, 2.24) is 9.99 Å². The molecule has 0 aliphatic carbocycles. The van der Waals surface area contributed by atoms with Crippen LogP contribution in [0.4, 0.5) is 5.69 Å². The maximum absolute atomic E-state index is 10.9. The molecule has 0 bridgehead atoms. The second kappa shape index (κ2) is 4.22. The van der Waals surface area contributed by atoms with Crippen LogP contribution in [0.25, 0.3) is 5.70 Å². The number of carbonyl (C=O) groups excluding carboxylic acids is 1. The number of pyridine rings is 1. The van der Waals surface area contributed by atoms with E-state index in [1.165, 1.54) is 17.4 Å². The number of aromatic carboxylic acids is 1. The molecule has 1 aromatic rings. The van der Waals surface area contributed by atoms with Crippen LogP contribution in [-0.4, -0.2) is 34.1 Å². The molecular weight excluding hydrogens is 234 g/mol. The van der Waals surface area contributed by atoms with E-state index in [1.807, 2.05) is 0 Å². The molecule has 2 heterocycles. The van der Waals surface area contributed by atoms with E-state index in [0.717, 1.165) is 0 Å². The van der Waals surface area contributed by atoms with Gasteiger partial charge in [-0.05, 0) is 0 Å². The maximum atomic E-state index is 10.9. The van der Waals surface area contributed by atoms with Gasteiger partial charge in [-0.2, -0.15) is 0 Å². The van der Waals surface area contributed by atoms with Crippen molar-refractivity contribution in [2.24, 2.45) is 0 Å². The van der Waals surface area contributed by atoms with Gasteiger partial charge in [-0.25, -0.2) is 9.59 Å². The van der Waals surface area contributed by atoms with Crippen LogP contribution in [0.2, 0.25) is 0 Å². The molecule has 0 saturated carbocycles. The molecule has 1 aliphatic heterocycles. The number of rotatable bonds is 1. The number of hydrazine groups is 1. The second-order valence-corrected chi connectivity index (χ2v) is 3.04. The molecule has 0 unspecified atom stereocenters. The van der Waals surface area contributed by atoms with Crippen LogP contribution in [-0.2, 0) is 4.79 Å². The van der Waals surface area contributed by atoms with Gasteiger partial charge in [0.05, 0.1) is 11.3 Å². The molecule has 0 saturated heterocycles. The molecule has 16 heavy (non-hydrogen) atoms. The Morgan fingerprint density at radius 1 is 1.56 bits per heavy atom. The van der Waals surface area contributed by atoms with Gasteiger partial charge in [0.15, 0.2) is 11.6 Å². The Morgan fingerprint density at radius 3 is 2.81 bits per heavy atom. The van der Waals surface area contributed by atoms with Crippen LogP contribution < -0.4 is 5.43 Å². The zero-order valence-electron chi connectivity index (χ0n) is 8.22. The molecule has 6 nitrogen and oxygen atoms in total. The summed E-state index contributed by atoms with van der Waals surface area (Å²) in [6, 6.07) is 0. The first kappa shape index (κ1) is 12.0. The lowest BCUT2D eigenvalue weighted by atomic mass is 10.1. The minimum absolute atomic E-state index is 0. The molecular formula is C9H8ClN3O3. The molecule has 1 aliphatic rings. The summed E-state index contributed by atoms with van der Waals surface area (Å²) in [6.45, 7) is 0. The van der Waals surface area contributed by atoms with Crippen LogP contribution in [0.1, 0.15) is 15.9 Å². The van der Waals surface area contributed by atoms with Gasteiger partial charge >= 0.3 is 5.97 Å². The van der Waals surface area contributed by atoms with Crippen molar-refractivity contribution in [3.8, 4) is 0 Å². The number of nitrogens with zero attached hydrogens (tertiary/aromatic N) is 2. The summed E-state index contributed by atoms with van der Waals surface area (Å²) in [4.78, 5) is 25.3. The van der Waals surface area contributed by atoms with E-state index in [4.69, 9.17) is 5.11 Å². The minimum Gasteiger partial charge on any atom is -0.478 e. The topological polar surface area (TPSA) is 82.5 Å². The number of aromatic nitrogens is 1. The first-order chi connectivity index (χ1) is 7.15. The van der Waals surface area contributed by atoms with Crippen LogP contribution in [0.5, 0.6) is 0 Å². The third-order valence-electron chi connectivity index (χ3n) is 2.14. The number of nitrogens with one attached hydrogen (secondary N) is 1. The zero-order chi connectivity index (χ0) is 11.0. The number of hydrogen-bond acceptors (Lipinski definition) is 5. The standard InChI is InChI=1S/C9H7N3O3.ClH/c1-12-7(4-13)5-2-10-3-6(9(14)15)8(5)11-12;/h2-3,11H,1H3,(H,14,15);1H. The van der Waals surface area contributed by atoms with Crippen LogP contribution >= 0.6 is 12.4 Å². The minimum atomic E-state index is -1.09. The molecule has 0 radical (unpaired) electrons. The van der Waals surface area contributed by atoms with Gasteiger partial charge < -0.3 is 5.11 Å². The fourth-order valence-corrected chi connectivity index (χ4v) is 1.45. The van der Waals surface area contributed by atoms with Gasteiger partial charge in [-0.1, -0.05) is 0 Å². The number of fused-ring (bicyclic) bond motifs is 1. The largest absolute Gasteiger partial charge is 0.478 e. The summed E-state index contributed by atoms with van der Waals surface area (Å²) >= 11 is 0. The van der Waals surface area contributed by atoms with E-state index in [9.17, 15) is 9.59 Å². The van der Waals surface area contributed by atoms with Crippen molar-refractivity contribution in [3.05, 3.63) is 23.5 Å². The molecule has 2 N–H and O–H groups in total. The first-order valence-corrected chi connectivity index (χ1v) is 4.12. The highest BCUT2D eigenvalue weighted by molar-refractivity contribution is 6.02. The fraction of sp³-hybridized carbons (Fsp3) is 0.111. The van der Waals surface area contributed by atoms with Crippen molar-refractivity contribution < 1.29 is 14.7 Å². The Labute approximate surface area is 97.0 Å². The van der Waals surface area contributed by atoms with E-state index in [1.54, 1.807) is 13.0 Å². The van der Waals surface area contributed by atoms with E-state index >= 15 is 0 Å². The predicted molar refractivity (Wildman–Crippen MR) is 58.9 cm³/mol. The lowest BCUT2D eigenvalue weighted by Gasteiger charge is -2.10. The van der Waals surface area contributed by atoms with E-state index in [-0.39, 0.29) is 23.7 Å². The normalized spacial score (nSPS) is 12.3. The number of hydrogen-bond donors (Lipinski definition) is 2. The Bertz CT molecular complexity index is 497. The SMILES string of the molecule is CN1Nc2c(C(=O)O)cncc2C1=C=O.Cl. The van der Waals surface area contributed by atoms with Gasteiger partial charge in [0.1, 0.15) is 5.56 Å². The summed E-state index contributed by atoms with van der Waals surface area (Å²) in [6.07, 6.45) is 2.66. The predicted octanol–water partition coefficient (Wildman–Crippen LogP) is 0.646. The van der Waals surface area contributed by atoms with Crippen molar-refractivity contribution in [2.45, 2.75) is 0 Å². The monoisotopic (exact) mass is 241 g/mol. The van der Waals surface area contributed by atoms with Gasteiger partial charge in [0.25, 0.3) is 0 Å². The molecule has 2 rings (SSSR count). The average Bonchev–Trinajstić information content (AvgIpc) is 2.52. The van der Waals surface area contributed by atoms with Gasteiger partial charge in [0.2, 0.25) is 0 Å². The molecule has 0 atom stereocenters. The lowest BCUT2D eigenvalue weighted by Crippen LogP contribution is -2.17. The summed E-state index contributed by atoms with van der Waals surface area (Å²) in [5.74, 6) is 0.643. The molecule has 0 fully saturated rings. The number of carbonyl (C=O) groups is 1. The maximum Gasteiger partial charge on any atom is 0.339 e. The van der Waals surface area contributed by atoms with E-state index in [0.29, 0.717) is 11.3 Å². The van der Waals surface area contributed by atoms with Crippen LogP contribution in [0.3, 0.4) is 0 Å². The third-order valence-corrected chi connectivity index (χ3v) is 2.14. The number of anilines is 1. The van der Waals surface area contributed by atoms with E-state index < -0.39 is 5.97 Å². The highest BCUT2D eigenvalue weighted by atomic mass is 35.5. The zero-order valence-corrected chi connectivity index (χ0v) is 9.04. The number of carboxylic acid groups (broad SMARTS) is 1. The number of carboxylic acids is 1. The van der Waals surface area contributed by atoms with Crippen molar-refractivity contribution in [2.75, 3.05) is 12.5 Å². The highest BCUT2D eigenvalue weighted by Crippen LogP contribution is 2.33. The summed E-state index contributed by atoms with van der Waals surface area (Å²) in [5, 5.41) is 10.3. The second-order valence-electron chi connectivity index (χ2n) is 3.04. The van der Waals surface area contributed by atoms with Crippen molar-refractivity contribution in [1.29, 1.82) is 0 Å². The third kappa shape index (κ3) is 1.60. The molecule has 0 spiro atoms. The van der Waals surface area contributed by atoms with Crippen molar-refractivity contribution in [3.63, 3.8) is 0 Å². The first-order valence-electron chi connectivity index (χ1n) is 4.12. The number of halogens is 1. The van der Waals surface area contributed by atoms with Crippen LogP contribution in [0.15, 0.2) is 12.4 Å². The summed E-state index contributed by atoms with van der Waals surface area (Å²) < 4.78 is 0. The Balaban J connectivity index is 0.00000128. The molecule has 1 aromatic heterocycles. The molecule has 7 heteroatoms. The van der Waals surface area contributed by atoms with Gasteiger partial charge in [-0.3, -0.25) is 15.4 Å². The Hall–Kier alpha value is -2.04. The molecule has 84 valence electrons. The Kier molecular flexibility index (Phi) is 3.17. The Morgan fingerprint density at radius 2 is 2.25 bits per heavy atom. The summed E-state index contributed by atoms with van der Waals surface area (Å²) in [7, 11) is 1.60.